The maximum Gasteiger partial charge on any atom is 0.240 e. The number of halogens is 1. The van der Waals surface area contributed by atoms with Gasteiger partial charge in [0.25, 0.3) is 0 Å². The first-order valence-corrected chi connectivity index (χ1v) is 8.84. The van der Waals surface area contributed by atoms with Crippen molar-refractivity contribution in [3.63, 3.8) is 0 Å². The maximum atomic E-state index is 12.3. The van der Waals surface area contributed by atoms with E-state index in [1.807, 2.05) is 18.2 Å². The number of methoxy groups -OCH3 is 2. The molecule has 0 heterocycles. The molecular weight excluding hydrogens is 368 g/mol. The monoisotopic (exact) mass is 390 g/mol. The SMILES string of the molecule is COc1ccc(CCNC(=O)CN(C(C)=O)c2ccccc2Cl)cc1OC. The van der Waals surface area contributed by atoms with Crippen LogP contribution in [-0.4, -0.2) is 39.1 Å². The van der Waals surface area contributed by atoms with Crippen molar-refractivity contribution in [1.29, 1.82) is 0 Å². The summed E-state index contributed by atoms with van der Waals surface area (Å²) < 4.78 is 10.5. The first-order chi connectivity index (χ1) is 13.0. The molecule has 0 unspecified atom stereocenters. The molecule has 2 amide bonds. The Morgan fingerprint density at radius 3 is 2.41 bits per heavy atom. The number of carbonyl (C=O) groups excluding carboxylic acids is 2. The number of hydrogen-bond acceptors (Lipinski definition) is 4. The van der Waals surface area contributed by atoms with Gasteiger partial charge in [0.15, 0.2) is 11.5 Å². The molecule has 2 rings (SSSR count). The van der Waals surface area contributed by atoms with Gasteiger partial charge in [-0.2, -0.15) is 0 Å². The van der Waals surface area contributed by atoms with Gasteiger partial charge in [0.1, 0.15) is 6.54 Å². The molecule has 144 valence electrons. The second-order valence-electron chi connectivity index (χ2n) is 5.85. The van der Waals surface area contributed by atoms with Gasteiger partial charge in [0, 0.05) is 13.5 Å². The molecular formula is C20H23ClN2O4. The molecule has 27 heavy (non-hydrogen) atoms. The molecule has 0 aliphatic carbocycles. The minimum Gasteiger partial charge on any atom is -0.493 e. The van der Waals surface area contributed by atoms with Crippen LogP contribution in [-0.2, 0) is 16.0 Å². The Kier molecular flexibility index (Phi) is 7.49. The van der Waals surface area contributed by atoms with Crippen molar-refractivity contribution in [3.05, 3.63) is 53.1 Å². The van der Waals surface area contributed by atoms with Crippen molar-refractivity contribution in [1.82, 2.24) is 5.32 Å². The molecule has 1 N–H and O–H groups in total. The fourth-order valence-electron chi connectivity index (χ4n) is 2.62. The van der Waals surface area contributed by atoms with Crippen LogP contribution in [0.1, 0.15) is 12.5 Å². The number of benzene rings is 2. The zero-order chi connectivity index (χ0) is 19.8. The minimum absolute atomic E-state index is 0.0923. The van der Waals surface area contributed by atoms with Crippen LogP contribution in [0.2, 0.25) is 5.02 Å². The quantitative estimate of drug-likeness (QED) is 0.752. The van der Waals surface area contributed by atoms with E-state index in [4.69, 9.17) is 21.1 Å². The lowest BCUT2D eigenvalue weighted by Crippen LogP contribution is -2.40. The molecule has 2 aromatic carbocycles. The fraction of sp³-hybridized carbons (Fsp3) is 0.300. The van der Waals surface area contributed by atoms with Crippen molar-refractivity contribution in [3.8, 4) is 11.5 Å². The van der Waals surface area contributed by atoms with Gasteiger partial charge in [0.2, 0.25) is 11.8 Å². The van der Waals surface area contributed by atoms with Crippen LogP contribution in [0.3, 0.4) is 0 Å². The second-order valence-corrected chi connectivity index (χ2v) is 6.25. The van der Waals surface area contributed by atoms with Crippen LogP contribution in [0.4, 0.5) is 5.69 Å². The number of nitrogens with zero attached hydrogens (tertiary/aromatic N) is 1. The Bertz CT molecular complexity index is 810. The smallest absolute Gasteiger partial charge is 0.240 e. The van der Waals surface area contributed by atoms with E-state index in [9.17, 15) is 9.59 Å². The van der Waals surface area contributed by atoms with E-state index >= 15 is 0 Å². The highest BCUT2D eigenvalue weighted by Gasteiger charge is 2.17. The summed E-state index contributed by atoms with van der Waals surface area (Å²) in [5.74, 6) is 0.786. The van der Waals surface area contributed by atoms with E-state index in [0.717, 1.165) is 5.56 Å². The van der Waals surface area contributed by atoms with Gasteiger partial charge in [-0.15, -0.1) is 0 Å². The first-order valence-electron chi connectivity index (χ1n) is 8.46. The minimum atomic E-state index is -0.259. The standard InChI is InChI=1S/C20H23ClN2O4/c1-14(24)23(17-7-5-4-6-16(17)21)13-20(25)22-11-10-15-8-9-18(26-2)19(12-15)27-3/h4-9,12H,10-11,13H2,1-3H3,(H,22,25). The number of ether oxygens (including phenoxy) is 2. The zero-order valence-corrected chi connectivity index (χ0v) is 16.4. The van der Waals surface area contributed by atoms with Crippen LogP contribution in [0.5, 0.6) is 11.5 Å². The van der Waals surface area contributed by atoms with Crippen molar-refractivity contribution >= 4 is 29.1 Å². The van der Waals surface area contributed by atoms with E-state index in [0.29, 0.717) is 35.2 Å². The van der Waals surface area contributed by atoms with Gasteiger partial charge in [-0.25, -0.2) is 0 Å². The number of hydrogen-bond donors (Lipinski definition) is 1. The molecule has 0 radical (unpaired) electrons. The van der Waals surface area contributed by atoms with E-state index in [2.05, 4.69) is 5.32 Å². The lowest BCUT2D eigenvalue weighted by molar-refractivity contribution is -0.123. The maximum absolute atomic E-state index is 12.3. The molecule has 6 nitrogen and oxygen atoms in total. The summed E-state index contributed by atoms with van der Waals surface area (Å²) in [6, 6.07) is 12.5. The number of anilines is 1. The largest absolute Gasteiger partial charge is 0.493 e. The normalized spacial score (nSPS) is 10.2. The Labute approximate surface area is 164 Å². The third-order valence-corrected chi connectivity index (χ3v) is 4.33. The van der Waals surface area contributed by atoms with Gasteiger partial charge >= 0.3 is 0 Å². The molecule has 7 heteroatoms. The molecule has 0 fully saturated rings. The topological polar surface area (TPSA) is 67.9 Å². The number of nitrogens with one attached hydrogen (secondary N) is 1. The number of amides is 2. The molecule has 0 aliphatic heterocycles. The molecule has 0 aromatic heterocycles. The number of para-hydroxylation sites is 1. The van der Waals surface area contributed by atoms with Crippen LogP contribution in [0, 0.1) is 0 Å². The predicted octanol–water partition coefficient (Wildman–Crippen LogP) is 3.07. The van der Waals surface area contributed by atoms with E-state index in [1.165, 1.54) is 11.8 Å². The Morgan fingerprint density at radius 2 is 1.78 bits per heavy atom. The van der Waals surface area contributed by atoms with Gasteiger partial charge < -0.3 is 19.7 Å². The molecule has 0 saturated heterocycles. The average Bonchev–Trinajstić information content (AvgIpc) is 2.66. The highest BCUT2D eigenvalue weighted by molar-refractivity contribution is 6.33. The lowest BCUT2D eigenvalue weighted by atomic mass is 10.1. The van der Waals surface area contributed by atoms with Crippen LogP contribution in [0.25, 0.3) is 0 Å². The lowest BCUT2D eigenvalue weighted by Gasteiger charge is -2.21. The van der Waals surface area contributed by atoms with E-state index in [1.54, 1.807) is 38.5 Å². The van der Waals surface area contributed by atoms with Crippen molar-refractivity contribution in [2.75, 3.05) is 32.2 Å². The number of carbonyl (C=O) groups is 2. The van der Waals surface area contributed by atoms with Crippen LogP contribution >= 0.6 is 11.6 Å². The van der Waals surface area contributed by atoms with E-state index < -0.39 is 0 Å². The summed E-state index contributed by atoms with van der Waals surface area (Å²) in [5.41, 5.74) is 1.52. The molecule has 0 aliphatic rings. The van der Waals surface area contributed by atoms with Crippen molar-refractivity contribution < 1.29 is 19.1 Å². The molecule has 0 spiro atoms. The first kappa shape index (κ1) is 20.6. The average molecular weight is 391 g/mol. The predicted molar refractivity (Wildman–Crippen MR) is 106 cm³/mol. The highest BCUT2D eigenvalue weighted by atomic mass is 35.5. The summed E-state index contributed by atoms with van der Waals surface area (Å²) >= 11 is 6.14. The van der Waals surface area contributed by atoms with Crippen LogP contribution in [0.15, 0.2) is 42.5 Å². The molecule has 0 atom stereocenters. The number of rotatable bonds is 8. The van der Waals surface area contributed by atoms with Gasteiger partial charge in [0.05, 0.1) is 24.9 Å². The fourth-order valence-corrected chi connectivity index (χ4v) is 2.86. The van der Waals surface area contributed by atoms with Crippen LogP contribution < -0.4 is 19.7 Å². The van der Waals surface area contributed by atoms with Crippen molar-refractivity contribution in [2.45, 2.75) is 13.3 Å². The summed E-state index contributed by atoms with van der Waals surface area (Å²) in [6.45, 7) is 1.74. The third kappa shape index (κ3) is 5.62. The summed E-state index contributed by atoms with van der Waals surface area (Å²) in [5, 5.41) is 3.25. The van der Waals surface area contributed by atoms with Crippen molar-refractivity contribution in [2.24, 2.45) is 0 Å². The summed E-state index contributed by atoms with van der Waals surface area (Å²) in [4.78, 5) is 25.5. The Hall–Kier alpha value is -2.73. The second kappa shape index (κ2) is 9.83. The molecule has 0 saturated carbocycles. The van der Waals surface area contributed by atoms with Gasteiger partial charge in [-0.3, -0.25) is 9.59 Å². The Morgan fingerprint density at radius 1 is 1.07 bits per heavy atom. The van der Waals surface area contributed by atoms with Gasteiger partial charge in [-0.1, -0.05) is 29.8 Å². The molecule has 0 bridgehead atoms. The van der Waals surface area contributed by atoms with Gasteiger partial charge in [-0.05, 0) is 36.2 Å². The highest BCUT2D eigenvalue weighted by Crippen LogP contribution is 2.27. The Balaban J connectivity index is 1.93. The summed E-state index contributed by atoms with van der Waals surface area (Å²) in [7, 11) is 3.16. The summed E-state index contributed by atoms with van der Waals surface area (Å²) in [6.07, 6.45) is 0.623. The third-order valence-electron chi connectivity index (χ3n) is 4.01. The van der Waals surface area contributed by atoms with E-state index in [-0.39, 0.29) is 18.4 Å². The molecule has 2 aromatic rings. The zero-order valence-electron chi connectivity index (χ0n) is 15.6.